The summed E-state index contributed by atoms with van der Waals surface area (Å²) in [4.78, 5) is 23.3. The maximum atomic E-state index is 11.6. The highest BCUT2D eigenvalue weighted by atomic mass is 32.2. The molecule has 2 rings (SSSR count). The lowest BCUT2D eigenvalue weighted by Crippen LogP contribution is -2.65. The van der Waals surface area contributed by atoms with Crippen LogP contribution in [-0.4, -0.2) is 43.0 Å². The van der Waals surface area contributed by atoms with E-state index in [4.69, 9.17) is 5.73 Å². The van der Waals surface area contributed by atoms with Crippen molar-refractivity contribution in [2.75, 3.05) is 11.3 Å². The number of nitrogens with two attached hydrogens (primary N) is 1. The molecular formula is C8H11N5O5S. The largest absolute Gasteiger partial charge is 0.360 e. The fraction of sp³-hybridized carbons (Fsp3) is 0.375. The van der Waals surface area contributed by atoms with Crippen LogP contribution in [0.3, 0.4) is 0 Å². The maximum Gasteiger partial charge on any atom is 0.339 e. The van der Waals surface area contributed by atoms with Crippen LogP contribution in [0.15, 0.2) is 10.6 Å². The van der Waals surface area contributed by atoms with Gasteiger partial charge in [-0.05, 0) is 6.92 Å². The fourth-order valence-corrected chi connectivity index (χ4v) is 2.15. The van der Waals surface area contributed by atoms with Crippen LogP contribution in [0.25, 0.3) is 0 Å². The summed E-state index contributed by atoms with van der Waals surface area (Å²) >= 11 is 0. The zero-order valence-electron chi connectivity index (χ0n) is 9.78. The summed E-state index contributed by atoms with van der Waals surface area (Å²) in [6.07, 6.45) is 0. The van der Waals surface area contributed by atoms with Crippen molar-refractivity contribution in [1.82, 2.24) is 14.8 Å². The fourth-order valence-electron chi connectivity index (χ4n) is 1.38. The highest BCUT2D eigenvalue weighted by molar-refractivity contribution is 7.91. The van der Waals surface area contributed by atoms with Crippen molar-refractivity contribution < 1.29 is 22.5 Å². The third-order valence-electron chi connectivity index (χ3n) is 2.30. The van der Waals surface area contributed by atoms with E-state index in [1.807, 2.05) is 4.72 Å². The van der Waals surface area contributed by atoms with Crippen molar-refractivity contribution >= 4 is 28.0 Å². The number of hydrogen-bond donors (Lipinski definition) is 3. The minimum Gasteiger partial charge on any atom is -0.360 e. The molecule has 11 heteroatoms. The number of aryl methyl sites for hydroxylation is 1. The van der Waals surface area contributed by atoms with Crippen molar-refractivity contribution in [3.63, 3.8) is 0 Å². The first-order chi connectivity index (χ1) is 8.78. The number of amides is 3. The van der Waals surface area contributed by atoms with Gasteiger partial charge in [0, 0.05) is 6.07 Å². The molecular weight excluding hydrogens is 278 g/mol. The number of nitrogens with zero attached hydrogens (tertiary/aromatic N) is 2. The van der Waals surface area contributed by atoms with Crippen molar-refractivity contribution in [2.24, 2.45) is 5.73 Å². The van der Waals surface area contributed by atoms with Gasteiger partial charge in [-0.3, -0.25) is 9.69 Å². The average molecular weight is 289 g/mol. The molecule has 1 unspecified atom stereocenters. The van der Waals surface area contributed by atoms with Gasteiger partial charge in [-0.15, -0.1) is 0 Å². The summed E-state index contributed by atoms with van der Waals surface area (Å²) in [5.74, 6) is -0.317. The molecule has 1 fully saturated rings. The van der Waals surface area contributed by atoms with E-state index in [1.54, 1.807) is 11.6 Å². The SMILES string of the molecule is Cc1cc(NS(=O)(=O)NC(=O)N2CC(N)C2=O)no1. The molecule has 0 aromatic carbocycles. The van der Waals surface area contributed by atoms with E-state index in [0.29, 0.717) is 10.7 Å². The van der Waals surface area contributed by atoms with E-state index < -0.39 is 28.2 Å². The minimum atomic E-state index is -4.19. The summed E-state index contributed by atoms with van der Waals surface area (Å²) in [5.41, 5.74) is 5.28. The Kier molecular flexibility index (Phi) is 3.16. The molecule has 1 aliphatic rings. The van der Waals surface area contributed by atoms with Gasteiger partial charge in [-0.25, -0.2) is 14.2 Å². The van der Waals surface area contributed by atoms with Crippen LogP contribution in [0.5, 0.6) is 0 Å². The Balaban J connectivity index is 1.98. The van der Waals surface area contributed by atoms with Gasteiger partial charge in [0.25, 0.3) is 0 Å². The van der Waals surface area contributed by atoms with E-state index in [0.717, 1.165) is 0 Å². The number of imide groups is 1. The molecule has 0 bridgehead atoms. The van der Waals surface area contributed by atoms with Crippen LogP contribution in [0, 0.1) is 6.92 Å². The standard InChI is InChI=1S/C8H11N5O5S/c1-4-2-6(10-18-4)11-19(16,17)12-8(15)13-3-5(9)7(13)14/h2,5H,3,9H2,1H3,(H,10,11)(H,12,15). The van der Waals surface area contributed by atoms with Gasteiger partial charge in [0.05, 0.1) is 6.54 Å². The van der Waals surface area contributed by atoms with E-state index in [1.165, 1.54) is 6.07 Å². The highest BCUT2D eigenvalue weighted by Gasteiger charge is 2.39. The second-order valence-electron chi connectivity index (χ2n) is 3.89. The summed E-state index contributed by atoms with van der Waals surface area (Å²) in [6.45, 7) is 1.55. The van der Waals surface area contributed by atoms with Crippen LogP contribution in [0.1, 0.15) is 5.76 Å². The van der Waals surface area contributed by atoms with Crippen LogP contribution in [-0.2, 0) is 15.0 Å². The van der Waals surface area contributed by atoms with Crippen LogP contribution in [0.4, 0.5) is 10.6 Å². The number of likely N-dealkylation sites (tertiary alicyclic amines) is 1. The Morgan fingerprint density at radius 2 is 2.32 bits per heavy atom. The number of anilines is 1. The van der Waals surface area contributed by atoms with E-state index >= 15 is 0 Å². The topological polar surface area (TPSA) is 148 Å². The number of rotatable bonds is 3. The molecule has 3 amide bonds. The molecule has 1 aromatic heterocycles. The van der Waals surface area contributed by atoms with Gasteiger partial charge >= 0.3 is 16.2 Å². The van der Waals surface area contributed by atoms with Gasteiger partial charge < -0.3 is 10.3 Å². The molecule has 0 spiro atoms. The third-order valence-corrected chi connectivity index (χ3v) is 3.22. The molecule has 0 saturated carbocycles. The monoisotopic (exact) mass is 289 g/mol. The predicted molar refractivity (Wildman–Crippen MR) is 62.0 cm³/mol. The molecule has 1 saturated heterocycles. The summed E-state index contributed by atoms with van der Waals surface area (Å²) in [7, 11) is -4.19. The van der Waals surface area contributed by atoms with Crippen LogP contribution in [0.2, 0.25) is 0 Å². The molecule has 10 nitrogen and oxygen atoms in total. The van der Waals surface area contributed by atoms with Crippen molar-refractivity contribution in [3.8, 4) is 0 Å². The normalized spacial score (nSPS) is 18.9. The smallest absolute Gasteiger partial charge is 0.339 e. The molecule has 19 heavy (non-hydrogen) atoms. The number of aromatic nitrogens is 1. The minimum absolute atomic E-state index is 0.0245. The molecule has 1 aromatic rings. The first kappa shape index (κ1) is 13.3. The number of β-lactam (4-membered cyclic amide) rings is 1. The van der Waals surface area contributed by atoms with Crippen LogP contribution >= 0.6 is 0 Å². The highest BCUT2D eigenvalue weighted by Crippen LogP contribution is 2.10. The zero-order valence-corrected chi connectivity index (χ0v) is 10.6. The Hall–Kier alpha value is -2.14. The number of urea groups is 1. The van der Waals surface area contributed by atoms with Crippen LogP contribution < -0.4 is 15.2 Å². The second-order valence-corrected chi connectivity index (χ2v) is 5.31. The van der Waals surface area contributed by atoms with Gasteiger partial charge in [-0.1, -0.05) is 5.16 Å². The maximum absolute atomic E-state index is 11.6. The summed E-state index contributed by atoms with van der Waals surface area (Å²) in [5, 5.41) is 3.40. The number of carbonyl (C=O) groups excluding carboxylic acids is 2. The number of hydrogen-bond acceptors (Lipinski definition) is 7. The van der Waals surface area contributed by atoms with Gasteiger partial charge in [0.2, 0.25) is 5.91 Å². The number of carbonyl (C=O) groups is 2. The number of nitrogens with one attached hydrogen (secondary N) is 2. The summed E-state index contributed by atoms with van der Waals surface area (Å²) in [6, 6.07) is -0.506. The average Bonchev–Trinajstić information content (AvgIpc) is 2.69. The first-order valence-electron chi connectivity index (χ1n) is 5.13. The van der Waals surface area contributed by atoms with E-state index in [2.05, 4.69) is 9.68 Å². The lowest BCUT2D eigenvalue weighted by Gasteiger charge is -2.33. The molecule has 0 aliphatic carbocycles. The Morgan fingerprint density at radius 3 is 2.79 bits per heavy atom. The Bertz CT molecular complexity index is 623. The van der Waals surface area contributed by atoms with E-state index in [9.17, 15) is 18.0 Å². The van der Waals surface area contributed by atoms with Crippen molar-refractivity contribution in [2.45, 2.75) is 13.0 Å². The Labute approximate surface area is 108 Å². The van der Waals surface area contributed by atoms with Gasteiger partial charge in [0.15, 0.2) is 5.82 Å². The molecule has 2 heterocycles. The Morgan fingerprint density at radius 1 is 1.63 bits per heavy atom. The lowest BCUT2D eigenvalue weighted by atomic mass is 10.1. The van der Waals surface area contributed by atoms with Crippen molar-refractivity contribution in [3.05, 3.63) is 11.8 Å². The molecule has 4 N–H and O–H groups in total. The molecule has 1 aliphatic heterocycles. The second kappa shape index (κ2) is 4.51. The first-order valence-corrected chi connectivity index (χ1v) is 6.61. The van der Waals surface area contributed by atoms with E-state index in [-0.39, 0.29) is 12.4 Å². The quantitative estimate of drug-likeness (QED) is 0.574. The predicted octanol–water partition coefficient (Wildman–Crippen LogP) is -1.48. The van der Waals surface area contributed by atoms with Crippen molar-refractivity contribution in [1.29, 1.82) is 0 Å². The third kappa shape index (κ3) is 2.82. The molecule has 104 valence electrons. The zero-order chi connectivity index (χ0) is 14.2. The molecule has 0 radical (unpaired) electrons. The molecule has 1 atom stereocenters. The summed E-state index contributed by atoms with van der Waals surface area (Å²) < 4.78 is 31.4. The lowest BCUT2D eigenvalue weighted by molar-refractivity contribution is -0.137. The van der Waals surface area contributed by atoms with Gasteiger partial charge in [-0.2, -0.15) is 8.42 Å². The van der Waals surface area contributed by atoms with Gasteiger partial charge in [0.1, 0.15) is 11.8 Å².